The number of nitrogens with zero attached hydrogens (tertiary/aromatic N) is 1. The molecule has 0 aliphatic heterocycles. The maximum Gasteiger partial charge on any atom is 0.290 e. The summed E-state index contributed by atoms with van der Waals surface area (Å²) in [6, 6.07) is 21.2. The Hall–Kier alpha value is -3.29. The van der Waals surface area contributed by atoms with E-state index in [-0.39, 0.29) is 28.8 Å². The van der Waals surface area contributed by atoms with E-state index in [1.807, 2.05) is 12.1 Å². The summed E-state index contributed by atoms with van der Waals surface area (Å²) in [5.74, 6) is 0.0573. The minimum atomic E-state index is -3.86. The topological polar surface area (TPSA) is 80.7 Å². The molecule has 0 saturated heterocycles. The van der Waals surface area contributed by atoms with Crippen LogP contribution in [0.1, 0.15) is 21.9 Å². The molecule has 2 aromatic carbocycles. The molecule has 0 N–H and O–H groups in total. The van der Waals surface area contributed by atoms with E-state index in [0.29, 0.717) is 10.8 Å². The predicted octanol–water partition coefficient (Wildman–Crippen LogP) is 5.20. The highest BCUT2D eigenvalue weighted by Gasteiger charge is 2.26. The van der Waals surface area contributed by atoms with Crippen LogP contribution in [0.4, 0.5) is 0 Å². The molecule has 0 aliphatic rings. The lowest BCUT2D eigenvalue weighted by atomic mass is 10.2. The second kappa shape index (κ2) is 8.83. The molecule has 0 bridgehead atoms. The standard InChI is InChI=1S/C23H18ClNO5S/c24-18-10-8-17(9-11-18)15-25(16-19-5-4-14-29-19)23(26)21-12-13-22(30-21)31(27,28)20-6-2-1-3-7-20/h1-14H,15-16H2. The van der Waals surface area contributed by atoms with Gasteiger partial charge in [-0.05, 0) is 54.1 Å². The zero-order valence-corrected chi connectivity index (χ0v) is 17.8. The number of rotatable bonds is 7. The van der Waals surface area contributed by atoms with Crippen LogP contribution in [0.15, 0.2) is 104 Å². The van der Waals surface area contributed by atoms with E-state index in [1.54, 1.807) is 42.5 Å². The average Bonchev–Trinajstić information content (AvgIpc) is 3.47. The second-order valence-corrected chi connectivity index (χ2v) is 9.12. The highest BCUT2D eigenvalue weighted by atomic mass is 35.5. The lowest BCUT2D eigenvalue weighted by Gasteiger charge is -2.21. The van der Waals surface area contributed by atoms with Gasteiger partial charge in [-0.15, -0.1) is 0 Å². The molecule has 0 unspecified atom stereocenters. The Labute approximate surface area is 184 Å². The Morgan fingerprint density at radius 1 is 0.871 bits per heavy atom. The second-order valence-electron chi connectivity index (χ2n) is 6.80. The largest absolute Gasteiger partial charge is 0.467 e. The zero-order chi connectivity index (χ0) is 21.8. The molecule has 4 aromatic rings. The fourth-order valence-electron chi connectivity index (χ4n) is 3.05. The van der Waals surface area contributed by atoms with Crippen molar-refractivity contribution in [2.24, 2.45) is 0 Å². The minimum Gasteiger partial charge on any atom is -0.467 e. The lowest BCUT2D eigenvalue weighted by Crippen LogP contribution is -2.29. The van der Waals surface area contributed by atoms with Gasteiger partial charge in [-0.2, -0.15) is 0 Å². The van der Waals surface area contributed by atoms with Crippen molar-refractivity contribution in [1.82, 2.24) is 4.90 Å². The van der Waals surface area contributed by atoms with Crippen LogP contribution in [-0.4, -0.2) is 19.2 Å². The van der Waals surface area contributed by atoms with Gasteiger partial charge in [-0.3, -0.25) is 4.79 Å². The summed E-state index contributed by atoms with van der Waals surface area (Å²) in [6.45, 7) is 0.452. The van der Waals surface area contributed by atoms with Gasteiger partial charge >= 0.3 is 0 Å². The van der Waals surface area contributed by atoms with Gasteiger partial charge in [0.15, 0.2) is 5.76 Å². The first-order valence-corrected chi connectivity index (χ1v) is 11.3. The fraction of sp³-hybridized carbons (Fsp3) is 0.0870. The molecule has 2 heterocycles. The SMILES string of the molecule is O=C(c1ccc(S(=O)(=O)c2ccccc2)o1)N(Cc1ccc(Cl)cc1)Cc1ccco1. The first kappa shape index (κ1) is 21.0. The Morgan fingerprint density at radius 3 is 2.29 bits per heavy atom. The van der Waals surface area contributed by atoms with Crippen LogP contribution in [0.5, 0.6) is 0 Å². The normalized spacial score (nSPS) is 11.4. The van der Waals surface area contributed by atoms with Gasteiger partial charge in [0.25, 0.3) is 5.91 Å². The molecular weight excluding hydrogens is 438 g/mol. The number of benzene rings is 2. The fourth-order valence-corrected chi connectivity index (χ4v) is 4.37. The molecule has 0 fully saturated rings. The van der Waals surface area contributed by atoms with Crippen LogP contribution >= 0.6 is 11.6 Å². The van der Waals surface area contributed by atoms with Gasteiger partial charge in [-0.25, -0.2) is 8.42 Å². The van der Waals surface area contributed by atoms with Crippen molar-refractivity contribution >= 4 is 27.3 Å². The van der Waals surface area contributed by atoms with Crippen LogP contribution in [0.25, 0.3) is 0 Å². The summed E-state index contributed by atoms with van der Waals surface area (Å²) in [7, 11) is -3.86. The first-order valence-electron chi connectivity index (χ1n) is 9.39. The van der Waals surface area contributed by atoms with Gasteiger partial charge in [-0.1, -0.05) is 41.9 Å². The summed E-state index contributed by atoms with van der Waals surface area (Å²) < 4.78 is 36.4. The monoisotopic (exact) mass is 455 g/mol. The summed E-state index contributed by atoms with van der Waals surface area (Å²) in [5, 5.41) is 0.306. The Bertz CT molecular complexity index is 1260. The van der Waals surface area contributed by atoms with Gasteiger partial charge in [0.05, 0.1) is 17.7 Å². The summed E-state index contributed by atoms with van der Waals surface area (Å²) in [5.41, 5.74) is 0.855. The number of hydrogen-bond donors (Lipinski definition) is 0. The number of halogens is 1. The van der Waals surface area contributed by atoms with E-state index in [4.69, 9.17) is 20.4 Å². The van der Waals surface area contributed by atoms with Crippen LogP contribution in [0, 0.1) is 0 Å². The van der Waals surface area contributed by atoms with E-state index < -0.39 is 15.7 Å². The summed E-state index contributed by atoms with van der Waals surface area (Å²) in [4.78, 5) is 14.8. The molecule has 1 amide bonds. The van der Waals surface area contributed by atoms with E-state index >= 15 is 0 Å². The van der Waals surface area contributed by atoms with Crippen molar-refractivity contribution in [2.75, 3.05) is 0 Å². The Balaban J connectivity index is 1.61. The molecule has 0 spiro atoms. The Kier molecular flexibility index (Phi) is 5.97. The molecule has 0 saturated carbocycles. The molecular formula is C23H18ClNO5S. The van der Waals surface area contributed by atoms with Crippen molar-refractivity contribution in [3.05, 3.63) is 107 Å². The third-order valence-corrected chi connectivity index (χ3v) is 6.51. The highest BCUT2D eigenvalue weighted by molar-refractivity contribution is 7.91. The van der Waals surface area contributed by atoms with Crippen molar-refractivity contribution in [3.63, 3.8) is 0 Å². The molecule has 4 rings (SSSR count). The molecule has 31 heavy (non-hydrogen) atoms. The summed E-state index contributed by atoms with van der Waals surface area (Å²) in [6.07, 6.45) is 1.53. The predicted molar refractivity (Wildman–Crippen MR) is 114 cm³/mol. The Morgan fingerprint density at radius 2 is 1.61 bits per heavy atom. The lowest BCUT2D eigenvalue weighted by molar-refractivity contribution is 0.0679. The zero-order valence-electron chi connectivity index (χ0n) is 16.3. The molecule has 6 nitrogen and oxygen atoms in total. The molecule has 8 heteroatoms. The van der Waals surface area contributed by atoms with Crippen molar-refractivity contribution < 1.29 is 22.0 Å². The number of sulfone groups is 1. The van der Waals surface area contributed by atoms with E-state index in [2.05, 4.69) is 0 Å². The molecule has 0 aliphatic carbocycles. The third kappa shape index (κ3) is 4.73. The number of hydrogen-bond acceptors (Lipinski definition) is 5. The van der Waals surface area contributed by atoms with Crippen LogP contribution in [-0.2, 0) is 22.9 Å². The van der Waals surface area contributed by atoms with Gasteiger partial charge in [0.2, 0.25) is 14.9 Å². The minimum absolute atomic E-state index is 0.0741. The number of carbonyl (C=O) groups is 1. The maximum atomic E-state index is 13.2. The number of carbonyl (C=O) groups excluding carboxylic acids is 1. The highest BCUT2D eigenvalue weighted by Crippen LogP contribution is 2.24. The molecule has 0 atom stereocenters. The molecule has 2 aromatic heterocycles. The van der Waals surface area contributed by atoms with Gasteiger partial charge in [0, 0.05) is 11.6 Å². The number of furan rings is 2. The number of amides is 1. The van der Waals surface area contributed by atoms with Crippen LogP contribution < -0.4 is 0 Å². The third-order valence-electron chi connectivity index (χ3n) is 4.61. The van der Waals surface area contributed by atoms with E-state index in [9.17, 15) is 13.2 Å². The smallest absolute Gasteiger partial charge is 0.290 e. The maximum absolute atomic E-state index is 13.2. The van der Waals surface area contributed by atoms with Gasteiger partial charge < -0.3 is 13.7 Å². The van der Waals surface area contributed by atoms with E-state index in [1.165, 1.54) is 35.4 Å². The van der Waals surface area contributed by atoms with Crippen molar-refractivity contribution in [1.29, 1.82) is 0 Å². The van der Waals surface area contributed by atoms with Crippen LogP contribution in [0.3, 0.4) is 0 Å². The van der Waals surface area contributed by atoms with Crippen LogP contribution in [0.2, 0.25) is 5.02 Å². The van der Waals surface area contributed by atoms with Crippen molar-refractivity contribution in [3.8, 4) is 0 Å². The summed E-state index contributed by atoms with van der Waals surface area (Å²) >= 11 is 5.95. The van der Waals surface area contributed by atoms with Gasteiger partial charge in [0.1, 0.15) is 5.76 Å². The first-order chi connectivity index (χ1) is 14.9. The van der Waals surface area contributed by atoms with Crippen molar-refractivity contribution in [2.45, 2.75) is 23.1 Å². The quantitative estimate of drug-likeness (QED) is 0.382. The molecule has 0 radical (unpaired) electrons. The average molecular weight is 456 g/mol. The van der Waals surface area contributed by atoms with E-state index in [0.717, 1.165) is 5.56 Å². The molecule has 158 valence electrons.